The van der Waals surface area contributed by atoms with Crippen molar-refractivity contribution in [1.82, 2.24) is 10.2 Å². The second-order valence-corrected chi connectivity index (χ2v) is 8.12. The molecule has 1 aromatic carbocycles. The van der Waals surface area contributed by atoms with Crippen molar-refractivity contribution in [3.05, 3.63) is 29.3 Å². The van der Waals surface area contributed by atoms with Crippen LogP contribution in [0.5, 0.6) is 0 Å². The number of aliphatic carboxylic acids is 1. The summed E-state index contributed by atoms with van der Waals surface area (Å²) >= 11 is 0. The molecule has 4 rings (SSSR count). The molecule has 3 aliphatic rings. The maximum atomic E-state index is 12.9. The van der Waals surface area contributed by atoms with Crippen LogP contribution in [0.2, 0.25) is 0 Å². The van der Waals surface area contributed by atoms with Crippen LogP contribution in [0, 0.1) is 5.92 Å². The second kappa shape index (κ2) is 7.89. The lowest BCUT2D eigenvalue weighted by Crippen LogP contribution is -2.34. The standard InChI is InChI=1S/C21H29N3O3/c25-20(26)14-17-2-1-16-13-18(3-4-19(16)17)24-12-11-23(21(24)27)10-7-15-5-8-22-9-6-15/h3-4,13,15,17,22H,1-2,5-12,14H2,(H,25,26). The number of amides is 2. The summed E-state index contributed by atoms with van der Waals surface area (Å²) in [6.07, 6.45) is 5.52. The maximum absolute atomic E-state index is 12.9. The molecule has 1 unspecified atom stereocenters. The Bertz CT molecular complexity index is 715. The van der Waals surface area contributed by atoms with Gasteiger partial charge in [0.05, 0.1) is 6.42 Å². The van der Waals surface area contributed by atoms with Crippen LogP contribution in [0.25, 0.3) is 0 Å². The monoisotopic (exact) mass is 371 g/mol. The normalized spacial score (nSPS) is 23.1. The zero-order chi connectivity index (χ0) is 18.8. The molecule has 2 fully saturated rings. The van der Waals surface area contributed by atoms with E-state index in [1.165, 1.54) is 18.4 Å². The third-order valence-corrected chi connectivity index (χ3v) is 6.42. The van der Waals surface area contributed by atoms with E-state index in [0.29, 0.717) is 0 Å². The van der Waals surface area contributed by atoms with Crippen LogP contribution in [-0.2, 0) is 11.2 Å². The number of aryl methyl sites for hydroxylation is 1. The molecule has 2 N–H and O–H groups in total. The van der Waals surface area contributed by atoms with E-state index in [1.807, 2.05) is 21.9 Å². The SMILES string of the molecule is O=C(O)CC1CCc2cc(N3CCN(CCC4CCNCC4)C3=O)ccc21. The molecule has 2 saturated heterocycles. The van der Waals surface area contributed by atoms with E-state index >= 15 is 0 Å². The minimum atomic E-state index is -0.740. The van der Waals surface area contributed by atoms with Gasteiger partial charge in [0.25, 0.3) is 0 Å². The third kappa shape index (κ3) is 3.95. The highest BCUT2D eigenvalue weighted by Gasteiger charge is 2.31. The van der Waals surface area contributed by atoms with Gasteiger partial charge < -0.3 is 15.3 Å². The Hall–Kier alpha value is -2.08. The first-order chi connectivity index (χ1) is 13.1. The van der Waals surface area contributed by atoms with Gasteiger partial charge in [0, 0.05) is 25.3 Å². The molecule has 2 aliphatic heterocycles. The predicted molar refractivity (Wildman–Crippen MR) is 104 cm³/mol. The molecule has 0 saturated carbocycles. The number of piperidine rings is 1. The number of rotatable bonds is 6. The molecule has 6 heteroatoms. The number of anilines is 1. The summed E-state index contributed by atoms with van der Waals surface area (Å²) in [4.78, 5) is 27.8. The summed E-state index contributed by atoms with van der Waals surface area (Å²) in [7, 11) is 0. The summed E-state index contributed by atoms with van der Waals surface area (Å²) in [5, 5.41) is 12.5. The van der Waals surface area contributed by atoms with Crippen LogP contribution in [0.4, 0.5) is 10.5 Å². The van der Waals surface area contributed by atoms with E-state index in [9.17, 15) is 9.59 Å². The van der Waals surface area contributed by atoms with E-state index in [1.54, 1.807) is 0 Å². The molecule has 27 heavy (non-hydrogen) atoms. The molecule has 1 aliphatic carbocycles. The molecule has 0 spiro atoms. The Morgan fingerprint density at radius 1 is 1.19 bits per heavy atom. The van der Waals surface area contributed by atoms with E-state index in [2.05, 4.69) is 11.4 Å². The van der Waals surface area contributed by atoms with E-state index in [-0.39, 0.29) is 18.4 Å². The number of hydrogen-bond acceptors (Lipinski definition) is 3. The Kier molecular flexibility index (Phi) is 5.34. The number of carboxylic acid groups (broad SMARTS) is 1. The average molecular weight is 371 g/mol. The van der Waals surface area contributed by atoms with Gasteiger partial charge in [0.15, 0.2) is 0 Å². The molecule has 2 heterocycles. The van der Waals surface area contributed by atoms with Gasteiger partial charge in [-0.25, -0.2) is 4.79 Å². The smallest absolute Gasteiger partial charge is 0.324 e. The van der Waals surface area contributed by atoms with E-state index < -0.39 is 5.97 Å². The Morgan fingerprint density at radius 3 is 2.78 bits per heavy atom. The van der Waals surface area contributed by atoms with Gasteiger partial charge in [0.2, 0.25) is 0 Å². The molecule has 0 aromatic heterocycles. The quantitative estimate of drug-likeness (QED) is 0.807. The van der Waals surface area contributed by atoms with Gasteiger partial charge in [-0.05, 0) is 80.3 Å². The highest BCUT2D eigenvalue weighted by molar-refractivity contribution is 5.94. The minimum Gasteiger partial charge on any atom is -0.481 e. The largest absolute Gasteiger partial charge is 0.481 e. The minimum absolute atomic E-state index is 0.113. The number of carbonyl (C=O) groups is 2. The van der Waals surface area contributed by atoms with Gasteiger partial charge >= 0.3 is 12.0 Å². The van der Waals surface area contributed by atoms with Crippen molar-refractivity contribution < 1.29 is 14.7 Å². The molecule has 6 nitrogen and oxygen atoms in total. The van der Waals surface area contributed by atoms with Crippen molar-refractivity contribution in [1.29, 1.82) is 0 Å². The van der Waals surface area contributed by atoms with Crippen LogP contribution < -0.4 is 10.2 Å². The number of fused-ring (bicyclic) bond motifs is 1. The van der Waals surface area contributed by atoms with Crippen molar-refractivity contribution >= 4 is 17.7 Å². The molecule has 2 amide bonds. The summed E-state index contributed by atoms with van der Waals surface area (Å²) in [6.45, 7) is 4.59. The van der Waals surface area contributed by atoms with Crippen LogP contribution in [-0.4, -0.2) is 54.7 Å². The van der Waals surface area contributed by atoms with Crippen LogP contribution in [0.15, 0.2) is 18.2 Å². The molecule has 0 bridgehead atoms. The summed E-state index contributed by atoms with van der Waals surface area (Å²) in [6, 6.07) is 6.25. The van der Waals surface area contributed by atoms with Gasteiger partial charge in [-0.15, -0.1) is 0 Å². The molecule has 1 atom stereocenters. The molecular formula is C21H29N3O3. The fourth-order valence-electron chi connectivity index (χ4n) is 4.82. The first-order valence-electron chi connectivity index (χ1n) is 10.2. The zero-order valence-corrected chi connectivity index (χ0v) is 15.8. The number of carbonyl (C=O) groups excluding carboxylic acids is 1. The first kappa shape index (κ1) is 18.3. The Balaban J connectivity index is 1.38. The Labute approximate surface area is 160 Å². The number of carboxylic acids is 1. The predicted octanol–water partition coefficient (Wildman–Crippen LogP) is 2.82. The van der Waals surface area contributed by atoms with Crippen LogP contribution in [0.3, 0.4) is 0 Å². The number of urea groups is 1. The number of nitrogens with zero attached hydrogens (tertiary/aromatic N) is 2. The second-order valence-electron chi connectivity index (χ2n) is 8.12. The van der Waals surface area contributed by atoms with Gasteiger partial charge in [-0.2, -0.15) is 0 Å². The van der Waals surface area contributed by atoms with Gasteiger partial charge in [-0.1, -0.05) is 6.07 Å². The number of nitrogens with one attached hydrogen (secondary N) is 1. The van der Waals surface area contributed by atoms with Crippen molar-refractivity contribution in [3.8, 4) is 0 Å². The lowest BCUT2D eigenvalue weighted by molar-refractivity contribution is -0.137. The number of hydrogen-bond donors (Lipinski definition) is 2. The van der Waals surface area contributed by atoms with Crippen LogP contribution >= 0.6 is 0 Å². The summed E-state index contributed by atoms with van der Waals surface area (Å²) < 4.78 is 0. The maximum Gasteiger partial charge on any atom is 0.324 e. The molecule has 0 radical (unpaired) electrons. The zero-order valence-electron chi connectivity index (χ0n) is 15.8. The van der Waals surface area contributed by atoms with Crippen molar-refractivity contribution in [2.24, 2.45) is 5.92 Å². The van der Waals surface area contributed by atoms with Gasteiger partial charge in [-0.3, -0.25) is 9.69 Å². The van der Waals surface area contributed by atoms with Gasteiger partial charge in [0.1, 0.15) is 0 Å². The van der Waals surface area contributed by atoms with Crippen molar-refractivity contribution in [3.63, 3.8) is 0 Å². The Morgan fingerprint density at radius 2 is 2.00 bits per heavy atom. The van der Waals surface area contributed by atoms with Crippen molar-refractivity contribution in [2.45, 2.75) is 44.4 Å². The van der Waals surface area contributed by atoms with E-state index in [0.717, 1.165) is 69.2 Å². The fraction of sp³-hybridized carbons (Fsp3) is 0.619. The number of benzene rings is 1. The lowest BCUT2D eigenvalue weighted by atomic mass is 9.94. The summed E-state index contributed by atoms with van der Waals surface area (Å²) in [5.41, 5.74) is 3.31. The molecular weight excluding hydrogens is 342 g/mol. The van der Waals surface area contributed by atoms with Crippen molar-refractivity contribution in [2.75, 3.05) is 37.6 Å². The first-order valence-corrected chi connectivity index (χ1v) is 10.2. The summed E-state index contributed by atoms with van der Waals surface area (Å²) in [5.74, 6) is 0.109. The highest BCUT2D eigenvalue weighted by atomic mass is 16.4. The lowest BCUT2D eigenvalue weighted by Gasteiger charge is -2.25. The van der Waals surface area contributed by atoms with Crippen LogP contribution in [0.1, 0.15) is 49.1 Å². The van der Waals surface area contributed by atoms with E-state index in [4.69, 9.17) is 5.11 Å². The fourth-order valence-corrected chi connectivity index (χ4v) is 4.82. The topological polar surface area (TPSA) is 72.9 Å². The highest BCUT2D eigenvalue weighted by Crippen LogP contribution is 2.38. The average Bonchev–Trinajstić information content (AvgIpc) is 3.23. The molecule has 1 aromatic rings. The molecule has 146 valence electrons. The third-order valence-electron chi connectivity index (χ3n) is 6.42.